The van der Waals surface area contributed by atoms with Crippen LogP contribution >= 0.6 is 0 Å². The fraction of sp³-hybridized carbons (Fsp3) is 0.550. The lowest BCUT2D eigenvalue weighted by Gasteiger charge is -2.39. The smallest absolute Gasteiger partial charge is 0.198 e. The summed E-state index contributed by atoms with van der Waals surface area (Å²) in [6, 6.07) is 5.63. The van der Waals surface area contributed by atoms with E-state index in [1.807, 2.05) is 26.1 Å². The third-order valence-corrected chi connectivity index (χ3v) is 6.09. The monoisotopic (exact) mass is 406 g/mol. The predicted molar refractivity (Wildman–Crippen MR) is 113 cm³/mol. The number of nitrogens with zero attached hydrogens (tertiary/aromatic N) is 7. The Morgan fingerprint density at radius 1 is 1.20 bits per heavy atom. The summed E-state index contributed by atoms with van der Waals surface area (Å²) in [5.74, 6) is 2.82. The van der Waals surface area contributed by atoms with Gasteiger partial charge in [-0.25, -0.2) is 14.5 Å². The van der Waals surface area contributed by atoms with E-state index >= 15 is 0 Å². The first kappa shape index (κ1) is 18.8. The fourth-order valence-corrected chi connectivity index (χ4v) is 4.90. The van der Waals surface area contributed by atoms with Crippen molar-refractivity contribution in [3.05, 3.63) is 23.8 Å². The van der Waals surface area contributed by atoms with Crippen LogP contribution in [0.3, 0.4) is 0 Å². The number of aromatic nitrogens is 6. The minimum Gasteiger partial charge on any atom is -0.364 e. The molecule has 2 saturated heterocycles. The Bertz CT molecular complexity index is 1080. The number of H-pyrrole nitrogens is 1. The molecule has 0 radical (unpaired) electrons. The Morgan fingerprint density at radius 3 is 2.70 bits per heavy atom. The number of nitriles is 1. The van der Waals surface area contributed by atoms with Crippen molar-refractivity contribution < 1.29 is 0 Å². The molecule has 5 rings (SSSR count). The zero-order chi connectivity index (χ0) is 20.7. The van der Waals surface area contributed by atoms with Gasteiger partial charge in [-0.2, -0.15) is 15.5 Å². The van der Waals surface area contributed by atoms with Gasteiger partial charge in [0.25, 0.3) is 0 Å². The number of fused-ring (bicyclic) bond motifs is 3. The molecule has 3 aromatic heterocycles. The lowest BCUT2D eigenvalue weighted by Crippen LogP contribution is -2.47. The van der Waals surface area contributed by atoms with E-state index in [4.69, 9.17) is 10.2 Å². The third kappa shape index (κ3) is 3.57. The molecular formula is C20H26N10. The van der Waals surface area contributed by atoms with E-state index in [0.717, 1.165) is 36.5 Å². The Morgan fingerprint density at radius 2 is 2.00 bits per heavy atom. The van der Waals surface area contributed by atoms with E-state index in [9.17, 15) is 0 Å². The van der Waals surface area contributed by atoms with Gasteiger partial charge in [-0.15, -0.1) is 0 Å². The average Bonchev–Trinajstić information content (AvgIpc) is 3.35. The summed E-state index contributed by atoms with van der Waals surface area (Å²) >= 11 is 0. The highest BCUT2D eigenvalue weighted by Crippen LogP contribution is 2.37. The molecule has 0 spiro atoms. The van der Waals surface area contributed by atoms with Crippen LogP contribution in [-0.2, 0) is 0 Å². The summed E-state index contributed by atoms with van der Waals surface area (Å²) in [6.07, 6.45) is 6.96. The first-order valence-corrected chi connectivity index (χ1v) is 10.5. The molecule has 2 fully saturated rings. The van der Waals surface area contributed by atoms with Gasteiger partial charge < -0.3 is 10.6 Å². The lowest BCUT2D eigenvalue weighted by molar-refractivity contribution is 0.136. The van der Waals surface area contributed by atoms with Crippen LogP contribution in [0.1, 0.15) is 43.6 Å². The van der Waals surface area contributed by atoms with Crippen LogP contribution < -0.4 is 10.6 Å². The van der Waals surface area contributed by atoms with Crippen LogP contribution in [0.25, 0.3) is 5.65 Å². The van der Waals surface area contributed by atoms with E-state index in [2.05, 4.69) is 41.9 Å². The van der Waals surface area contributed by atoms with Gasteiger partial charge in [-0.05, 0) is 39.5 Å². The maximum atomic E-state index is 8.95. The Hall–Kier alpha value is -3.19. The summed E-state index contributed by atoms with van der Waals surface area (Å²) in [7, 11) is 0. The Balaban J connectivity index is 1.38. The molecule has 30 heavy (non-hydrogen) atoms. The minimum absolute atomic E-state index is 0.331. The normalized spacial score (nSPS) is 23.6. The first-order chi connectivity index (χ1) is 14.6. The molecule has 3 aromatic rings. The average molecular weight is 406 g/mol. The molecular weight excluding hydrogens is 380 g/mol. The number of hydrogen-bond acceptors (Lipinski definition) is 8. The fourth-order valence-electron chi connectivity index (χ4n) is 4.90. The molecule has 10 nitrogen and oxygen atoms in total. The van der Waals surface area contributed by atoms with Crippen LogP contribution in [0.15, 0.2) is 12.3 Å². The SMILES string of the molecule is Cc1nc2c(NC3CC4CCC(C3)N4CCC#N)nc(Nc3cc(C)[nH]n3)cn2n1. The molecule has 5 heterocycles. The van der Waals surface area contributed by atoms with E-state index in [-0.39, 0.29) is 0 Å². The Labute approximate surface area is 174 Å². The minimum atomic E-state index is 0.331. The largest absolute Gasteiger partial charge is 0.364 e. The van der Waals surface area contributed by atoms with E-state index < -0.39 is 0 Å². The molecule has 2 unspecified atom stereocenters. The van der Waals surface area contributed by atoms with Crippen molar-refractivity contribution in [1.29, 1.82) is 5.26 Å². The van der Waals surface area contributed by atoms with Crippen LogP contribution in [-0.4, -0.2) is 59.3 Å². The summed E-state index contributed by atoms with van der Waals surface area (Å²) in [6.45, 7) is 4.72. The van der Waals surface area contributed by atoms with Gasteiger partial charge in [-0.3, -0.25) is 10.00 Å². The molecule has 2 bridgehead atoms. The molecule has 0 aliphatic carbocycles. The van der Waals surface area contributed by atoms with Gasteiger partial charge in [0, 0.05) is 42.9 Å². The van der Waals surface area contributed by atoms with Crippen molar-refractivity contribution in [1.82, 2.24) is 34.7 Å². The van der Waals surface area contributed by atoms with Crippen molar-refractivity contribution in [3.63, 3.8) is 0 Å². The molecule has 2 aliphatic rings. The van der Waals surface area contributed by atoms with Crippen molar-refractivity contribution >= 4 is 23.1 Å². The Kier molecular flexibility index (Phi) is 4.75. The second kappa shape index (κ2) is 7.57. The maximum Gasteiger partial charge on any atom is 0.198 e. The van der Waals surface area contributed by atoms with Crippen molar-refractivity contribution in [2.45, 2.75) is 64.1 Å². The van der Waals surface area contributed by atoms with Crippen molar-refractivity contribution in [2.24, 2.45) is 0 Å². The number of hydrogen-bond donors (Lipinski definition) is 3. The molecule has 2 atom stereocenters. The third-order valence-electron chi connectivity index (χ3n) is 6.09. The predicted octanol–water partition coefficient (Wildman–Crippen LogP) is 2.53. The highest BCUT2D eigenvalue weighted by Gasteiger charge is 2.40. The molecule has 0 saturated carbocycles. The maximum absolute atomic E-state index is 8.95. The number of rotatable bonds is 6. The van der Waals surface area contributed by atoms with E-state index in [0.29, 0.717) is 42.0 Å². The second-order valence-electron chi connectivity index (χ2n) is 8.31. The highest BCUT2D eigenvalue weighted by molar-refractivity contribution is 5.67. The van der Waals surface area contributed by atoms with Crippen LogP contribution in [0.4, 0.5) is 17.5 Å². The van der Waals surface area contributed by atoms with Gasteiger partial charge in [-0.1, -0.05) is 0 Å². The first-order valence-electron chi connectivity index (χ1n) is 10.5. The molecule has 0 amide bonds. The zero-order valence-electron chi connectivity index (χ0n) is 17.3. The van der Waals surface area contributed by atoms with E-state index in [1.54, 1.807) is 4.52 Å². The quantitative estimate of drug-likeness (QED) is 0.571. The van der Waals surface area contributed by atoms with Crippen LogP contribution in [0, 0.1) is 25.2 Å². The molecule has 2 aliphatic heterocycles. The number of anilines is 3. The number of piperidine rings is 1. The van der Waals surface area contributed by atoms with Crippen molar-refractivity contribution in [3.8, 4) is 6.07 Å². The lowest BCUT2D eigenvalue weighted by atomic mass is 9.97. The van der Waals surface area contributed by atoms with Gasteiger partial charge >= 0.3 is 0 Å². The summed E-state index contributed by atoms with van der Waals surface area (Å²) in [4.78, 5) is 11.9. The molecule has 0 aromatic carbocycles. The van der Waals surface area contributed by atoms with Gasteiger partial charge in [0.05, 0.1) is 12.3 Å². The van der Waals surface area contributed by atoms with Gasteiger partial charge in [0.1, 0.15) is 5.82 Å². The highest BCUT2D eigenvalue weighted by atomic mass is 15.3. The standard InChI is InChI=1S/C20H26N10/c1-12-8-17(27-26-12)24-18-11-30-20(22-13(2)28-30)19(25-18)23-14-9-15-4-5-16(10-14)29(15)7-3-6-21/h8,11,14-16H,3-5,7,9-10H2,1-2H3,(H,23,25)(H2,24,26,27). The summed E-state index contributed by atoms with van der Waals surface area (Å²) < 4.78 is 1.77. The molecule has 3 N–H and O–H groups in total. The van der Waals surface area contributed by atoms with Gasteiger partial charge in [0.2, 0.25) is 0 Å². The number of aromatic amines is 1. The van der Waals surface area contributed by atoms with Crippen LogP contribution in [0.2, 0.25) is 0 Å². The molecule has 156 valence electrons. The topological polar surface area (TPSA) is 123 Å². The number of aryl methyl sites for hydroxylation is 2. The zero-order valence-corrected chi connectivity index (χ0v) is 17.3. The summed E-state index contributed by atoms with van der Waals surface area (Å²) in [5.41, 5.74) is 1.71. The second-order valence-corrected chi connectivity index (χ2v) is 8.31. The summed E-state index contributed by atoms with van der Waals surface area (Å²) in [5, 5.41) is 27.5. The number of nitrogens with one attached hydrogen (secondary N) is 3. The van der Waals surface area contributed by atoms with Gasteiger partial charge in [0.15, 0.2) is 23.1 Å². The molecule has 10 heteroatoms. The van der Waals surface area contributed by atoms with E-state index in [1.165, 1.54) is 12.8 Å². The van der Waals surface area contributed by atoms with Crippen LogP contribution in [0.5, 0.6) is 0 Å². The van der Waals surface area contributed by atoms with Crippen molar-refractivity contribution in [2.75, 3.05) is 17.2 Å².